The predicted octanol–water partition coefficient (Wildman–Crippen LogP) is 1.90. The van der Waals surface area contributed by atoms with E-state index >= 15 is 0 Å². The zero-order valence-corrected chi connectivity index (χ0v) is 3.65. The van der Waals surface area contributed by atoms with E-state index in [0.717, 1.165) is 12.8 Å². The van der Waals surface area contributed by atoms with Crippen LogP contribution in [0.4, 0.5) is 4.39 Å². The van der Waals surface area contributed by atoms with Gasteiger partial charge in [0.15, 0.2) is 0 Å². The quantitative estimate of drug-likeness (QED) is 0.425. The molecule has 2 atom stereocenters. The van der Waals surface area contributed by atoms with Gasteiger partial charge in [-0.1, -0.05) is 12.8 Å². The molecule has 0 aromatic heterocycles. The molecule has 1 rings (SSSR count). The Hall–Kier alpha value is -0.0700. The van der Waals surface area contributed by atoms with E-state index in [-0.39, 0.29) is 0 Å². The number of halogens is 1. The second-order valence-corrected chi connectivity index (χ2v) is 1.68. The molecule has 0 bridgehead atoms. The smallest absolute Gasteiger partial charge is 0.100 e. The fourth-order valence-corrected chi connectivity index (χ4v) is 0.729. The molecule has 0 N–H and O–H groups in total. The van der Waals surface area contributed by atoms with Crippen molar-refractivity contribution in [3.63, 3.8) is 0 Å². The van der Waals surface area contributed by atoms with Crippen LogP contribution >= 0.6 is 0 Å². The Morgan fingerprint density at radius 3 is 2.67 bits per heavy atom. The third-order valence-corrected chi connectivity index (χ3v) is 1.11. The van der Waals surface area contributed by atoms with E-state index in [9.17, 15) is 4.39 Å². The van der Waals surface area contributed by atoms with Crippen LogP contribution in [-0.2, 0) is 0 Å². The zero-order chi connectivity index (χ0) is 5.28. The molecule has 0 radical (unpaired) electrons. The van der Waals surface area contributed by atoms with E-state index < -0.39 is 12.6 Å². The summed E-state index contributed by atoms with van der Waals surface area (Å²) >= 11 is 0. The number of alkyl halides is 1. The van der Waals surface area contributed by atoms with Crippen molar-refractivity contribution in [2.45, 2.75) is 31.8 Å². The Morgan fingerprint density at radius 2 is 2.50 bits per heavy atom. The lowest BCUT2D eigenvalue weighted by molar-refractivity contribution is 0.343. The summed E-state index contributed by atoms with van der Waals surface area (Å²) in [6, 6.07) is 0. The van der Waals surface area contributed by atoms with E-state index in [4.69, 9.17) is 1.37 Å². The van der Waals surface area contributed by atoms with Crippen molar-refractivity contribution < 1.29 is 5.76 Å². The first kappa shape index (κ1) is 3.00. The maximum absolute atomic E-state index is 12.1. The molecule has 0 nitrogen and oxygen atoms in total. The lowest BCUT2D eigenvalue weighted by Crippen LogP contribution is -1.85. The lowest BCUT2D eigenvalue weighted by Gasteiger charge is -1.86. The van der Waals surface area contributed by atoms with Crippen molar-refractivity contribution in [2.24, 2.45) is 0 Å². The van der Waals surface area contributed by atoms with Crippen LogP contribution in [0.2, 0.25) is 0 Å². The summed E-state index contributed by atoms with van der Waals surface area (Å²) in [4.78, 5) is 0. The molecular formula is C5H9F. The van der Waals surface area contributed by atoms with Crippen molar-refractivity contribution in [1.29, 1.82) is 0 Å². The molecule has 1 heteroatoms. The van der Waals surface area contributed by atoms with Crippen molar-refractivity contribution in [2.75, 3.05) is 0 Å². The van der Waals surface area contributed by atoms with E-state index in [1.54, 1.807) is 0 Å². The lowest BCUT2D eigenvalue weighted by atomic mass is 10.3. The summed E-state index contributed by atoms with van der Waals surface area (Å²) < 4.78 is 19.1. The predicted molar refractivity (Wildman–Crippen MR) is 23.4 cm³/mol. The average Bonchev–Trinajstić information content (AvgIpc) is 1.91. The maximum atomic E-state index is 12.1. The van der Waals surface area contributed by atoms with Gasteiger partial charge in [-0.2, -0.15) is 0 Å². The third kappa shape index (κ3) is 0.703. The van der Waals surface area contributed by atoms with Crippen LogP contribution < -0.4 is 0 Å². The number of hydrogen-bond donors (Lipinski definition) is 0. The summed E-state index contributed by atoms with van der Waals surface area (Å²) in [6.07, 6.45) is 1.07. The molecule has 0 heterocycles. The highest BCUT2D eigenvalue weighted by atomic mass is 19.1. The first-order valence-corrected chi connectivity index (χ1v) is 2.37. The van der Waals surface area contributed by atoms with Crippen molar-refractivity contribution in [3.8, 4) is 0 Å². The molecule has 0 aliphatic heterocycles. The van der Waals surface area contributed by atoms with E-state index in [0.29, 0.717) is 6.42 Å². The van der Waals surface area contributed by atoms with Gasteiger partial charge < -0.3 is 0 Å². The normalized spacial score (nSPS) is 49.2. The minimum Gasteiger partial charge on any atom is -0.247 e. The zero-order valence-electron chi connectivity index (χ0n) is 4.65. The Morgan fingerprint density at radius 1 is 1.67 bits per heavy atom. The van der Waals surface area contributed by atoms with Crippen LogP contribution in [-0.4, -0.2) is 6.17 Å². The van der Waals surface area contributed by atoms with Gasteiger partial charge in [0.25, 0.3) is 0 Å². The SMILES string of the molecule is [2H][C@H]1CCC[C@@H]1F. The van der Waals surface area contributed by atoms with Gasteiger partial charge in [-0.05, 0) is 12.8 Å². The van der Waals surface area contributed by atoms with E-state index in [1.165, 1.54) is 0 Å². The topological polar surface area (TPSA) is 0 Å². The molecule has 1 fully saturated rings. The molecule has 0 aromatic rings. The molecule has 0 saturated heterocycles. The molecule has 0 aromatic carbocycles. The third-order valence-electron chi connectivity index (χ3n) is 1.11. The molecule has 0 spiro atoms. The highest BCUT2D eigenvalue weighted by Gasteiger charge is 2.11. The van der Waals surface area contributed by atoms with E-state index in [2.05, 4.69) is 0 Å². The van der Waals surface area contributed by atoms with Crippen LogP contribution in [0.3, 0.4) is 0 Å². The summed E-state index contributed by atoms with van der Waals surface area (Å²) in [5.74, 6) is 0. The van der Waals surface area contributed by atoms with Gasteiger partial charge in [0.05, 0.1) is 0 Å². The summed E-state index contributed by atoms with van der Waals surface area (Å²) in [5.41, 5.74) is 0. The monoisotopic (exact) mass is 89.1 g/mol. The van der Waals surface area contributed by atoms with Gasteiger partial charge in [-0.3, -0.25) is 0 Å². The van der Waals surface area contributed by atoms with Crippen LogP contribution in [0.25, 0.3) is 0 Å². The highest BCUT2D eigenvalue weighted by Crippen LogP contribution is 2.19. The van der Waals surface area contributed by atoms with Crippen molar-refractivity contribution >= 4 is 0 Å². The largest absolute Gasteiger partial charge is 0.247 e. The molecule has 1 aliphatic rings. The summed E-state index contributed by atoms with van der Waals surface area (Å²) in [7, 11) is 0. The highest BCUT2D eigenvalue weighted by molar-refractivity contribution is 4.63. The fourth-order valence-electron chi connectivity index (χ4n) is 0.729. The van der Waals surface area contributed by atoms with Crippen molar-refractivity contribution in [1.82, 2.24) is 0 Å². The summed E-state index contributed by atoms with van der Waals surface area (Å²) in [6.45, 7) is 0. The average molecular weight is 89.1 g/mol. The molecule has 0 amide bonds. The van der Waals surface area contributed by atoms with Crippen molar-refractivity contribution in [3.05, 3.63) is 0 Å². The Labute approximate surface area is 38.8 Å². The second kappa shape index (κ2) is 1.59. The van der Waals surface area contributed by atoms with E-state index in [1.807, 2.05) is 0 Å². The maximum Gasteiger partial charge on any atom is 0.100 e. The summed E-state index contributed by atoms with van der Waals surface area (Å²) in [5, 5.41) is 0. The number of rotatable bonds is 0. The van der Waals surface area contributed by atoms with Gasteiger partial charge in [0.2, 0.25) is 0 Å². The van der Waals surface area contributed by atoms with Crippen LogP contribution in [0.15, 0.2) is 0 Å². The van der Waals surface area contributed by atoms with Gasteiger partial charge in [-0.15, -0.1) is 0 Å². The first-order valence-electron chi connectivity index (χ1n) is 2.95. The Bertz CT molecular complexity index is 57.1. The van der Waals surface area contributed by atoms with Crippen LogP contribution in [0.5, 0.6) is 0 Å². The first-order chi connectivity index (χ1) is 3.30. The Kier molecular flexibility index (Phi) is 0.793. The molecule has 1 saturated carbocycles. The second-order valence-electron chi connectivity index (χ2n) is 1.68. The minimum atomic E-state index is -0.819. The van der Waals surface area contributed by atoms with Crippen LogP contribution in [0, 0.1) is 0 Å². The molecule has 6 heavy (non-hydrogen) atoms. The molecular weight excluding hydrogens is 79.1 g/mol. The fraction of sp³-hybridized carbons (Fsp3) is 1.00. The Balaban J connectivity index is 2.33. The standard InChI is InChI=1S/C5H9F/c6-5-3-1-2-4-5/h5H,1-4H2/i3D/t3-,5+/m0/s1. The van der Waals surface area contributed by atoms with Gasteiger partial charge in [0.1, 0.15) is 6.17 Å². The van der Waals surface area contributed by atoms with Gasteiger partial charge >= 0.3 is 0 Å². The molecule has 0 unspecified atom stereocenters. The minimum absolute atomic E-state index is 0.403. The van der Waals surface area contributed by atoms with Crippen LogP contribution in [0.1, 0.15) is 27.0 Å². The molecule has 36 valence electrons. The van der Waals surface area contributed by atoms with Gasteiger partial charge in [0, 0.05) is 1.37 Å². The van der Waals surface area contributed by atoms with Gasteiger partial charge in [-0.25, -0.2) is 4.39 Å². The number of hydrogen-bond acceptors (Lipinski definition) is 0. The molecule has 1 aliphatic carbocycles.